The molecule has 0 aromatic heterocycles. The standard InChI is InChI=1S/C6H12FNO3/c7-1-3(9)5-6(11)4(10)2-8-5/h3-6,8-11H,1-2H2/t3-,4+,5+,6+/m0/s1. The molecule has 0 amide bonds. The van der Waals surface area contributed by atoms with Gasteiger partial charge in [0.1, 0.15) is 12.8 Å². The van der Waals surface area contributed by atoms with Gasteiger partial charge in [0.25, 0.3) is 0 Å². The number of aliphatic hydroxyl groups is 3. The van der Waals surface area contributed by atoms with Gasteiger partial charge in [0.15, 0.2) is 0 Å². The number of halogens is 1. The lowest BCUT2D eigenvalue weighted by Crippen LogP contribution is -2.44. The number of alkyl halides is 1. The van der Waals surface area contributed by atoms with Crippen molar-refractivity contribution in [3.63, 3.8) is 0 Å². The number of hydrogen-bond donors (Lipinski definition) is 4. The molecule has 1 rings (SSSR count). The molecule has 4 N–H and O–H groups in total. The predicted octanol–water partition coefficient (Wildman–Crippen LogP) is -1.99. The Bertz CT molecular complexity index is 135. The van der Waals surface area contributed by atoms with Crippen molar-refractivity contribution in [2.75, 3.05) is 13.2 Å². The molecule has 0 radical (unpaired) electrons. The van der Waals surface area contributed by atoms with Crippen molar-refractivity contribution in [3.05, 3.63) is 0 Å². The molecule has 1 heterocycles. The summed E-state index contributed by atoms with van der Waals surface area (Å²) in [4.78, 5) is 0. The van der Waals surface area contributed by atoms with Crippen LogP contribution in [0.2, 0.25) is 0 Å². The monoisotopic (exact) mass is 165 g/mol. The topological polar surface area (TPSA) is 72.7 Å². The van der Waals surface area contributed by atoms with Gasteiger partial charge in [-0.25, -0.2) is 4.39 Å². The summed E-state index contributed by atoms with van der Waals surface area (Å²) in [6, 6.07) is -0.741. The average Bonchev–Trinajstić information content (AvgIpc) is 2.32. The average molecular weight is 165 g/mol. The minimum absolute atomic E-state index is 0.197. The molecular formula is C6H12FNO3. The Hall–Kier alpha value is -0.230. The number of hydrogen-bond acceptors (Lipinski definition) is 4. The van der Waals surface area contributed by atoms with Gasteiger partial charge in [-0.2, -0.15) is 0 Å². The molecule has 0 saturated carbocycles. The second-order valence-corrected chi connectivity index (χ2v) is 2.71. The SMILES string of the molecule is O[C@H]1[C@@H]([C@@H](O)CF)NC[C@H]1O. The van der Waals surface area contributed by atoms with E-state index in [9.17, 15) is 4.39 Å². The predicted molar refractivity (Wildman–Crippen MR) is 35.8 cm³/mol. The molecule has 0 aromatic carbocycles. The van der Waals surface area contributed by atoms with Crippen molar-refractivity contribution in [2.45, 2.75) is 24.4 Å². The number of rotatable bonds is 2. The van der Waals surface area contributed by atoms with E-state index in [1.165, 1.54) is 0 Å². The van der Waals surface area contributed by atoms with Crippen molar-refractivity contribution in [3.8, 4) is 0 Å². The highest BCUT2D eigenvalue weighted by molar-refractivity contribution is 4.94. The van der Waals surface area contributed by atoms with Gasteiger partial charge in [0.2, 0.25) is 0 Å². The minimum Gasteiger partial charge on any atom is -0.389 e. The van der Waals surface area contributed by atoms with E-state index in [1.54, 1.807) is 0 Å². The van der Waals surface area contributed by atoms with Gasteiger partial charge in [-0.3, -0.25) is 0 Å². The second-order valence-electron chi connectivity index (χ2n) is 2.71. The summed E-state index contributed by atoms with van der Waals surface area (Å²) in [5.74, 6) is 0. The molecule has 1 fully saturated rings. The number of aliphatic hydroxyl groups excluding tert-OH is 3. The lowest BCUT2D eigenvalue weighted by molar-refractivity contribution is 0.000533. The fourth-order valence-corrected chi connectivity index (χ4v) is 1.20. The summed E-state index contributed by atoms with van der Waals surface area (Å²) < 4.78 is 11.9. The Balaban J connectivity index is 2.47. The highest BCUT2D eigenvalue weighted by Crippen LogP contribution is 2.11. The van der Waals surface area contributed by atoms with E-state index in [0.717, 1.165) is 0 Å². The van der Waals surface area contributed by atoms with Crippen LogP contribution in [0.5, 0.6) is 0 Å². The van der Waals surface area contributed by atoms with Crippen molar-refractivity contribution in [1.29, 1.82) is 0 Å². The maximum atomic E-state index is 11.9. The fourth-order valence-electron chi connectivity index (χ4n) is 1.20. The molecular weight excluding hydrogens is 153 g/mol. The maximum absolute atomic E-state index is 11.9. The lowest BCUT2D eigenvalue weighted by Gasteiger charge is -2.19. The zero-order valence-corrected chi connectivity index (χ0v) is 5.94. The zero-order valence-electron chi connectivity index (χ0n) is 5.94. The molecule has 4 nitrogen and oxygen atoms in total. The molecule has 11 heavy (non-hydrogen) atoms. The van der Waals surface area contributed by atoms with E-state index in [0.29, 0.717) is 0 Å². The van der Waals surface area contributed by atoms with Crippen molar-refractivity contribution in [1.82, 2.24) is 5.32 Å². The number of nitrogens with one attached hydrogen (secondary N) is 1. The molecule has 0 unspecified atom stereocenters. The van der Waals surface area contributed by atoms with Gasteiger partial charge >= 0.3 is 0 Å². The highest BCUT2D eigenvalue weighted by atomic mass is 19.1. The van der Waals surface area contributed by atoms with E-state index in [2.05, 4.69) is 5.32 Å². The highest BCUT2D eigenvalue weighted by Gasteiger charge is 2.37. The Morgan fingerprint density at radius 2 is 2.18 bits per heavy atom. The quantitative estimate of drug-likeness (QED) is 0.382. The third-order valence-electron chi connectivity index (χ3n) is 1.90. The summed E-state index contributed by atoms with van der Waals surface area (Å²) in [5, 5.41) is 29.6. The minimum atomic E-state index is -1.23. The first-order chi connectivity index (χ1) is 5.16. The van der Waals surface area contributed by atoms with Gasteiger partial charge in [-0.05, 0) is 0 Å². The molecule has 5 heteroatoms. The van der Waals surface area contributed by atoms with Crippen LogP contribution < -0.4 is 5.32 Å². The molecule has 1 aliphatic heterocycles. The normalized spacial score (nSPS) is 40.9. The van der Waals surface area contributed by atoms with E-state index in [4.69, 9.17) is 15.3 Å². The molecule has 0 spiro atoms. The van der Waals surface area contributed by atoms with Crippen LogP contribution in [-0.2, 0) is 0 Å². The summed E-state index contributed by atoms with van der Waals surface area (Å²) >= 11 is 0. The van der Waals surface area contributed by atoms with E-state index in [-0.39, 0.29) is 6.54 Å². The third kappa shape index (κ3) is 1.67. The van der Waals surface area contributed by atoms with E-state index >= 15 is 0 Å². The van der Waals surface area contributed by atoms with Gasteiger partial charge in [0, 0.05) is 6.54 Å². The van der Waals surface area contributed by atoms with Gasteiger partial charge in [-0.15, -0.1) is 0 Å². The van der Waals surface area contributed by atoms with Gasteiger partial charge in [0.05, 0.1) is 18.2 Å². The molecule has 0 aliphatic carbocycles. The van der Waals surface area contributed by atoms with E-state index < -0.39 is 31.0 Å². The molecule has 1 aliphatic rings. The van der Waals surface area contributed by atoms with Crippen molar-refractivity contribution in [2.24, 2.45) is 0 Å². The first-order valence-corrected chi connectivity index (χ1v) is 3.50. The van der Waals surface area contributed by atoms with Crippen molar-refractivity contribution < 1.29 is 19.7 Å². The summed E-state index contributed by atoms with van der Waals surface area (Å²) in [6.07, 6.45) is -3.20. The fraction of sp³-hybridized carbons (Fsp3) is 1.00. The van der Waals surface area contributed by atoms with Crippen LogP contribution in [0.25, 0.3) is 0 Å². The molecule has 66 valence electrons. The zero-order chi connectivity index (χ0) is 8.43. The van der Waals surface area contributed by atoms with Gasteiger partial charge in [-0.1, -0.05) is 0 Å². The Morgan fingerprint density at radius 3 is 2.55 bits per heavy atom. The second kappa shape index (κ2) is 3.44. The Labute approximate surface area is 63.7 Å². The molecule has 0 bridgehead atoms. The number of β-amino-alcohol motifs (C(OH)–C–C–N with tert-alkyl or cyclic N) is 1. The van der Waals surface area contributed by atoms with Crippen LogP contribution in [-0.4, -0.2) is 52.9 Å². The summed E-state index contributed by atoms with van der Waals surface area (Å²) in [5.41, 5.74) is 0. The molecule has 0 aromatic rings. The lowest BCUT2D eigenvalue weighted by atomic mass is 10.1. The first kappa shape index (κ1) is 8.86. The molecule has 1 saturated heterocycles. The van der Waals surface area contributed by atoms with Crippen LogP contribution in [0.4, 0.5) is 4.39 Å². The Kier molecular flexibility index (Phi) is 2.78. The van der Waals surface area contributed by atoms with Crippen LogP contribution in [0.15, 0.2) is 0 Å². The van der Waals surface area contributed by atoms with Crippen LogP contribution in [0.1, 0.15) is 0 Å². The van der Waals surface area contributed by atoms with Crippen LogP contribution >= 0.6 is 0 Å². The summed E-state index contributed by atoms with van der Waals surface area (Å²) in [6.45, 7) is -0.718. The van der Waals surface area contributed by atoms with Crippen LogP contribution in [0, 0.1) is 0 Å². The summed E-state index contributed by atoms with van der Waals surface area (Å²) in [7, 11) is 0. The first-order valence-electron chi connectivity index (χ1n) is 3.50. The van der Waals surface area contributed by atoms with E-state index in [1.807, 2.05) is 0 Å². The van der Waals surface area contributed by atoms with Crippen molar-refractivity contribution >= 4 is 0 Å². The Morgan fingerprint density at radius 1 is 1.55 bits per heavy atom. The molecule has 4 atom stereocenters. The maximum Gasteiger partial charge on any atom is 0.117 e. The van der Waals surface area contributed by atoms with Crippen LogP contribution in [0.3, 0.4) is 0 Å². The smallest absolute Gasteiger partial charge is 0.117 e. The third-order valence-corrected chi connectivity index (χ3v) is 1.90. The van der Waals surface area contributed by atoms with Gasteiger partial charge < -0.3 is 20.6 Å². The largest absolute Gasteiger partial charge is 0.389 e.